The number of amides is 2. The second kappa shape index (κ2) is 8.17. The number of aryl methyl sites for hydroxylation is 2. The largest absolute Gasteiger partial charge is 0.370 e. The molecule has 1 aliphatic rings. The van der Waals surface area contributed by atoms with Crippen LogP contribution in [0.2, 0.25) is 0 Å². The summed E-state index contributed by atoms with van der Waals surface area (Å²) in [6.07, 6.45) is 7.58. The first-order valence-corrected chi connectivity index (χ1v) is 9.14. The van der Waals surface area contributed by atoms with Crippen LogP contribution < -0.4 is 5.73 Å². The average Bonchev–Trinajstić information content (AvgIpc) is 3.07. The molecule has 3 rings (SSSR count). The quantitative estimate of drug-likeness (QED) is 0.861. The first-order chi connectivity index (χ1) is 12.5. The molecule has 1 fully saturated rings. The number of hydrogen-bond acceptors (Lipinski definition) is 3. The summed E-state index contributed by atoms with van der Waals surface area (Å²) >= 11 is 0. The predicted octanol–water partition coefficient (Wildman–Crippen LogP) is 1.93. The molecule has 0 radical (unpaired) electrons. The van der Waals surface area contributed by atoms with Gasteiger partial charge in [0.25, 0.3) is 5.91 Å². The van der Waals surface area contributed by atoms with Crippen molar-refractivity contribution >= 4 is 11.8 Å². The van der Waals surface area contributed by atoms with E-state index in [1.54, 1.807) is 17.1 Å². The highest BCUT2D eigenvalue weighted by Gasteiger charge is 2.24. The van der Waals surface area contributed by atoms with E-state index in [4.69, 9.17) is 5.73 Å². The highest BCUT2D eigenvalue weighted by atomic mass is 16.2. The zero-order valence-electron chi connectivity index (χ0n) is 15.2. The highest BCUT2D eigenvalue weighted by Crippen LogP contribution is 2.23. The lowest BCUT2D eigenvalue weighted by molar-refractivity contribution is -0.117. The van der Waals surface area contributed by atoms with Gasteiger partial charge >= 0.3 is 0 Å². The molecule has 1 aliphatic heterocycles. The van der Waals surface area contributed by atoms with Crippen LogP contribution in [-0.4, -0.2) is 39.4 Å². The number of carbonyl (C=O) groups is 2. The van der Waals surface area contributed by atoms with Crippen LogP contribution in [0.15, 0.2) is 36.8 Å². The van der Waals surface area contributed by atoms with E-state index in [0.717, 1.165) is 37.9 Å². The summed E-state index contributed by atoms with van der Waals surface area (Å²) in [6.45, 7) is 1.58. The van der Waals surface area contributed by atoms with Gasteiger partial charge in [-0.3, -0.25) is 9.59 Å². The molecule has 1 saturated heterocycles. The van der Waals surface area contributed by atoms with Crippen molar-refractivity contribution in [3.05, 3.63) is 53.6 Å². The number of nitrogens with zero attached hydrogens (tertiary/aromatic N) is 3. The Morgan fingerprint density at radius 1 is 1.15 bits per heavy atom. The first kappa shape index (κ1) is 18.2. The molecule has 0 bridgehead atoms. The number of carbonyl (C=O) groups excluding carboxylic acids is 2. The third-order valence-electron chi connectivity index (χ3n) is 5.03. The summed E-state index contributed by atoms with van der Waals surface area (Å²) in [5.74, 6) is 0.364. The lowest BCUT2D eigenvalue weighted by atomic mass is 9.89. The molecule has 138 valence electrons. The first-order valence-electron chi connectivity index (χ1n) is 9.14. The van der Waals surface area contributed by atoms with E-state index < -0.39 is 0 Å². The Balaban J connectivity index is 1.48. The van der Waals surface area contributed by atoms with Gasteiger partial charge in [-0.1, -0.05) is 24.3 Å². The number of hydrogen-bond donors (Lipinski definition) is 1. The molecule has 26 heavy (non-hydrogen) atoms. The number of imidazole rings is 1. The third kappa shape index (κ3) is 4.71. The van der Waals surface area contributed by atoms with Crippen molar-refractivity contribution in [1.29, 1.82) is 0 Å². The normalized spacial score (nSPS) is 15.2. The third-order valence-corrected chi connectivity index (χ3v) is 5.03. The average molecular weight is 354 g/mol. The molecule has 2 aromatic rings. The number of primary amides is 1. The van der Waals surface area contributed by atoms with Crippen LogP contribution in [0, 0.1) is 5.92 Å². The molecule has 0 spiro atoms. The van der Waals surface area contributed by atoms with E-state index in [0.29, 0.717) is 24.5 Å². The van der Waals surface area contributed by atoms with Gasteiger partial charge in [0, 0.05) is 32.8 Å². The molecule has 1 aromatic carbocycles. The Morgan fingerprint density at radius 2 is 1.81 bits per heavy atom. The molecule has 0 atom stereocenters. The van der Waals surface area contributed by atoms with Gasteiger partial charge in [-0.2, -0.15) is 0 Å². The van der Waals surface area contributed by atoms with Gasteiger partial charge in [-0.05, 0) is 42.7 Å². The van der Waals surface area contributed by atoms with Crippen LogP contribution in [0.25, 0.3) is 0 Å². The van der Waals surface area contributed by atoms with E-state index in [1.165, 1.54) is 5.56 Å². The molecule has 0 aliphatic carbocycles. The summed E-state index contributed by atoms with van der Waals surface area (Å²) in [7, 11) is 1.87. The Bertz CT molecular complexity index is 758. The van der Waals surface area contributed by atoms with Gasteiger partial charge in [0.05, 0.1) is 6.33 Å². The van der Waals surface area contributed by atoms with Crippen molar-refractivity contribution in [2.45, 2.75) is 32.1 Å². The molecule has 6 heteroatoms. The van der Waals surface area contributed by atoms with Crippen LogP contribution in [0.5, 0.6) is 0 Å². The second-order valence-corrected chi connectivity index (χ2v) is 7.15. The Labute approximate surface area is 154 Å². The molecule has 6 nitrogen and oxygen atoms in total. The van der Waals surface area contributed by atoms with Gasteiger partial charge in [0.15, 0.2) is 0 Å². The Hall–Kier alpha value is -2.63. The lowest BCUT2D eigenvalue weighted by Crippen LogP contribution is -2.39. The van der Waals surface area contributed by atoms with Crippen LogP contribution in [0.4, 0.5) is 0 Å². The summed E-state index contributed by atoms with van der Waals surface area (Å²) < 4.78 is 1.80. The van der Waals surface area contributed by atoms with E-state index >= 15 is 0 Å². The number of rotatable bonds is 6. The van der Waals surface area contributed by atoms with E-state index in [9.17, 15) is 9.59 Å². The summed E-state index contributed by atoms with van der Waals surface area (Å²) in [5, 5.41) is 0. The SMILES string of the molecule is Cn1cnc(C(=O)N2CCC(Cc3ccc(CCC(N)=O)cc3)CC2)c1. The minimum absolute atomic E-state index is 0.0304. The van der Waals surface area contributed by atoms with Crippen molar-refractivity contribution in [2.24, 2.45) is 18.7 Å². The molecule has 2 heterocycles. The van der Waals surface area contributed by atoms with Gasteiger partial charge in [-0.25, -0.2) is 4.98 Å². The Kier molecular flexibility index (Phi) is 5.71. The fourth-order valence-electron chi connectivity index (χ4n) is 3.47. The fourth-order valence-corrected chi connectivity index (χ4v) is 3.47. The van der Waals surface area contributed by atoms with Gasteiger partial charge in [0.1, 0.15) is 5.69 Å². The molecule has 0 saturated carbocycles. The fraction of sp³-hybridized carbons (Fsp3) is 0.450. The Morgan fingerprint density at radius 3 is 2.38 bits per heavy atom. The standard InChI is InChI=1S/C20H26N4O2/c1-23-13-18(22-14-23)20(26)24-10-8-17(9-11-24)12-16-4-2-15(3-5-16)6-7-19(21)25/h2-5,13-14,17H,6-12H2,1H3,(H2,21,25). The zero-order valence-corrected chi connectivity index (χ0v) is 15.2. The molecular formula is C20H26N4O2. The number of piperidine rings is 1. The number of likely N-dealkylation sites (tertiary alicyclic amines) is 1. The van der Waals surface area contributed by atoms with Crippen molar-refractivity contribution in [3.8, 4) is 0 Å². The van der Waals surface area contributed by atoms with Crippen molar-refractivity contribution < 1.29 is 9.59 Å². The van der Waals surface area contributed by atoms with Crippen LogP contribution >= 0.6 is 0 Å². The number of nitrogens with two attached hydrogens (primary N) is 1. The topological polar surface area (TPSA) is 81.2 Å². The molecule has 0 unspecified atom stereocenters. The maximum atomic E-state index is 12.4. The maximum Gasteiger partial charge on any atom is 0.274 e. The van der Waals surface area contributed by atoms with Gasteiger partial charge < -0.3 is 15.2 Å². The van der Waals surface area contributed by atoms with E-state index in [1.807, 2.05) is 11.9 Å². The molecule has 1 aromatic heterocycles. The molecule has 2 amide bonds. The van der Waals surface area contributed by atoms with Crippen molar-refractivity contribution in [1.82, 2.24) is 14.5 Å². The van der Waals surface area contributed by atoms with E-state index in [2.05, 4.69) is 29.2 Å². The van der Waals surface area contributed by atoms with E-state index in [-0.39, 0.29) is 11.8 Å². The monoisotopic (exact) mass is 354 g/mol. The smallest absolute Gasteiger partial charge is 0.274 e. The van der Waals surface area contributed by atoms with Crippen LogP contribution in [-0.2, 0) is 24.7 Å². The maximum absolute atomic E-state index is 12.4. The van der Waals surface area contributed by atoms with Crippen LogP contribution in [0.1, 0.15) is 40.9 Å². The van der Waals surface area contributed by atoms with Crippen LogP contribution in [0.3, 0.4) is 0 Å². The van der Waals surface area contributed by atoms with Gasteiger partial charge in [0.2, 0.25) is 5.91 Å². The summed E-state index contributed by atoms with van der Waals surface area (Å²) in [5.41, 5.74) is 8.17. The molecular weight excluding hydrogens is 328 g/mol. The van der Waals surface area contributed by atoms with Crippen molar-refractivity contribution in [2.75, 3.05) is 13.1 Å². The van der Waals surface area contributed by atoms with Gasteiger partial charge in [-0.15, -0.1) is 0 Å². The predicted molar refractivity (Wildman–Crippen MR) is 99.5 cm³/mol. The number of aromatic nitrogens is 2. The minimum atomic E-state index is -0.263. The van der Waals surface area contributed by atoms with Crippen molar-refractivity contribution in [3.63, 3.8) is 0 Å². The minimum Gasteiger partial charge on any atom is -0.370 e. The molecule has 2 N–H and O–H groups in total. The lowest BCUT2D eigenvalue weighted by Gasteiger charge is -2.31. The summed E-state index contributed by atoms with van der Waals surface area (Å²) in [6, 6.07) is 8.44. The summed E-state index contributed by atoms with van der Waals surface area (Å²) in [4.78, 5) is 29.4. The zero-order chi connectivity index (χ0) is 18.5. The second-order valence-electron chi connectivity index (χ2n) is 7.15. The number of benzene rings is 1. The highest BCUT2D eigenvalue weighted by molar-refractivity contribution is 5.92.